The number of rotatable bonds is 2. The van der Waals surface area contributed by atoms with E-state index in [0.717, 1.165) is 16.2 Å². The number of aryl methyl sites for hydroxylation is 1. The molecule has 2 aromatic carbocycles. The lowest BCUT2D eigenvalue weighted by Crippen LogP contribution is -2.11. The van der Waals surface area contributed by atoms with Crippen LogP contribution in [0.2, 0.25) is 0 Å². The fraction of sp³-hybridized carbons (Fsp3) is 0.0714. The van der Waals surface area contributed by atoms with Crippen LogP contribution in [-0.2, 0) is 0 Å². The highest BCUT2D eigenvalue weighted by atomic mass is 32.1. The van der Waals surface area contributed by atoms with Crippen molar-refractivity contribution in [2.45, 2.75) is 6.92 Å². The highest BCUT2D eigenvalue weighted by Crippen LogP contribution is 2.12. The Balaban J connectivity index is 2.19. The molecule has 0 atom stereocenters. The second-order valence-electron chi connectivity index (χ2n) is 3.64. The van der Waals surface area contributed by atoms with Crippen molar-refractivity contribution in [1.29, 1.82) is 0 Å². The fourth-order valence-electron chi connectivity index (χ4n) is 1.55. The monoisotopic (exact) mass is 227 g/mol. The molecule has 0 aliphatic heterocycles. The molecular formula is C14H13NS. The number of thiocarbonyl (C=S) groups is 1. The van der Waals surface area contributed by atoms with E-state index in [1.807, 2.05) is 48.5 Å². The SMILES string of the molecule is Cc1ccccc1C(=S)Nc1ccccc1. The Morgan fingerprint density at radius 1 is 0.938 bits per heavy atom. The van der Waals surface area contributed by atoms with Crippen LogP contribution in [0.4, 0.5) is 5.69 Å². The summed E-state index contributed by atoms with van der Waals surface area (Å²) in [5, 5.41) is 3.23. The summed E-state index contributed by atoms with van der Waals surface area (Å²) in [6, 6.07) is 18.1. The van der Waals surface area contributed by atoms with Gasteiger partial charge in [0.2, 0.25) is 0 Å². The van der Waals surface area contributed by atoms with E-state index in [4.69, 9.17) is 12.2 Å². The summed E-state index contributed by atoms with van der Waals surface area (Å²) < 4.78 is 0. The van der Waals surface area contributed by atoms with Crippen molar-refractivity contribution in [2.75, 3.05) is 5.32 Å². The van der Waals surface area contributed by atoms with Gasteiger partial charge in [-0.2, -0.15) is 0 Å². The Morgan fingerprint density at radius 3 is 2.25 bits per heavy atom. The van der Waals surface area contributed by atoms with Crippen LogP contribution in [0.3, 0.4) is 0 Å². The summed E-state index contributed by atoms with van der Waals surface area (Å²) in [7, 11) is 0. The molecule has 2 rings (SSSR count). The second kappa shape index (κ2) is 4.90. The summed E-state index contributed by atoms with van der Waals surface area (Å²) in [6.45, 7) is 2.06. The average Bonchev–Trinajstić information content (AvgIpc) is 2.31. The molecule has 0 heterocycles. The van der Waals surface area contributed by atoms with Gasteiger partial charge in [0.1, 0.15) is 4.99 Å². The third-order valence-corrected chi connectivity index (χ3v) is 2.74. The molecular weight excluding hydrogens is 214 g/mol. The lowest BCUT2D eigenvalue weighted by molar-refractivity contribution is 1.44. The molecule has 0 radical (unpaired) electrons. The van der Waals surface area contributed by atoms with Gasteiger partial charge < -0.3 is 5.32 Å². The van der Waals surface area contributed by atoms with Gasteiger partial charge in [0.25, 0.3) is 0 Å². The van der Waals surface area contributed by atoms with E-state index in [2.05, 4.69) is 18.3 Å². The predicted molar refractivity (Wildman–Crippen MR) is 72.9 cm³/mol. The molecule has 0 saturated carbocycles. The van der Waals surface area contributed by atoms with E-state index >= 15 is 0 Å². The quantitative estimate of drug-likeness (QED) is 0.783. The first kappa shape index (κ1) is 10.8. The summed E-state index contributed by atoms with van der Waals surface area (Å²) in [6.07, 6.45) is 0. The minimum Gasteiger partial charge on any atom is -0.346 e. The third-order valence-electron chi connectivity index (χ3n) is 2.42. The van der Waals surface area contributed by atoms with Gasteiger partial charge in [-0.25, -0.2) is 0 Å². The van der Waals surface area contributed by atoms with Crippen LogP contribution in [0.1, 0.15) is 11.1 Å². The van der Waals surface area contributed by atoms with E-state index in [1.54, 1.807) is 0 Å². The van der Waals surface area contributed by atoms with Crippen LogP contribution in [0.15, 0.2) is 54.6 Å². The van der Waals surface area contributed by atoms with Gasteiger partial charge in [0.05, 0.1) is 0 Å². The third kappa shape index (κ3) is 2.47. The standard InChI is InChI=1S/C14H13NS/c1-11-7-5-6-10-13(11)14(16)15-12-8-3-2-4-9-12/h2-10H,1H3,(H,15,16). The summed E-state index contributed by atoms with van der Waals surface area (Å²) in [5.74, 6) is 0. The Hall–Kier alpha value is -1.67. The topological polar surface area (TPSA) is 12.0 Å². The summed E-state index contributed by atoms with van der Waals surface area (Å²) in [4.78, 5) is 0.768. The van der Waals surface area contributed by atoms with Gasteiger partial charge >= 0.3 is 0 Å². The van der Waals surface area contributed by atoms with Crippen molar-refractivity contribution >= 4 is 22.9 Å². The number of hydrogen-bond acceptors (Lipinski definition) is 1. The lowest BCUT2D eigenvalue weighted by Gasteiger charge is -2.09. The molecule has 0 saturated heterocycles. The zero-order valence-corrected chi connectivity index (χ0v) is 9.92. The number of hydrogen-bond donors (Lipinski definition) is 1. The van der Waals surface area contributed by atoms with Crippen LogP contribution in [0.25, 0.3) is 0 Å². The maximum atomic E-state index is 5.38. The maximum absolute atomic E-state index is 5.38. The molecule has 80 valence electrons. The van der Waals surface area contributed by atoms with Crippen LogP contribution >= 0.6 is 12.2 Å². The van der Waals surface area contributed by atoms with Gasteiger partial charge in [-0.3, -0.25) is 0 Å². The molecule has 1 N–H and O–H groups in total. The Kier molecular flexibility index (Phi) is 3.32. The molecule has 0 amide bonds. The second-order valence-corrected chi connectivity index (χ2v) is 4.04. The molecule has 0 aliphatic rings. The summed E-state index contributed by atoms with van der Waals surface area (Å²) >= 11 is 5.38. The minimum atomic E-state index is 0.768. The van der Waals surface area contributed by atoms with Crippen molar-refractivity contribution in [3.63, 3.8) is 0 Å². The summed E-state index contributed by atoms with van der Waals surface area (Å²) in [5.41, 5.74) is 3.30. The fourth-order valence-corrected chi connectivity index (χ4v) is 1.89. The maximum Gasteiger partial charge on any atom is 0.111 e. The van der Waals surface area contributed by atoms with Gasteiger partial charge in [0.15, 0.2) is 0 Å². The van der Waals surface area contributed by atoms with Crippen LogP contribution in [0, 0.1) is 6.92 Å². The zero-order chi connectivity index (χ0) is 11.4. The first-order valence-electron chi connectivity index (χ1n) is 5.19. The highest BCUT2D eigenvalue weighted by molar-refractivity contribution is 7.81. The molecule has 0 aliphatic carbocycles. The van der Waals surface area contributed by atoms with Crippen LogP contribution in [0.5, 0.6) is 0 Å². The molecule has 0 aromatic heterocycles. The normalized spacial score (nSPS) is 9.81. The van der Waals surface area contributed by atoms with Crippen molar-refractivity contribution in [3.8, 4) is 0 Å². The highest BCUT2D eigenvalue weighted by Gasteiger charge is 2.03. The molecule has 0 spiro atoms. The lowest BCUT2D eigenvalue weighted by atomic mass is 10.1. The predicted octanol–water partition coefficient (Wildman–Crippen LogP) is 3.78. The Morgan fingerprint density at radius 2 is 1.56 bits per heavy atom. The van der Waals surface area contributed by atoms with Crippen LogP contribution < -0.4 is 5.32 Å². The van der Waals surface area contributed by atoms with Crippen molar-refractivity contribution in [3.05, 3.63) is 65.7 Å². The van der Waals surface area contributed by atoms with E-state index < -0.39 is 0 Å². The van der Waals surface area contributed by atoms with Gasteiger partial charge in [-0.1, -0.05) is 54.7 Å². The molecule has 1 nitrogen and oxygen atoms in total. The van der Waals surface area contributed by atoms with E-state index in [-0.39, 0.29) is 0 Å². The zero-order valence-electron chi connectivity index (χ0n) is 9.10. The van der Waals surface area contributed by atoms with Crippen molar-refractivity contribution < 1.29 is 0 Å². The smallest absolute Gasteiger partial charge is 0.111 e. The Bertz CT molecular complexity index is 491. The van der Waals surface area contributed by atoms with Gasteiger partial charge in [-0.05, 0) is 24.6 Å². The molecule has 0 bridgehead atoms. The van der Waals surface area contributed by atoms with Crippen molar-refractivity contribution in [2.24, 2.45) is 0 Å². The molecule has 0 fully saturated rings. The van der Waals surface area contributed by atoms with E-state index in [9.17, 15) is 0 Å². The van der Waals surface area contributed by atoms with Gasteiger partial charge in [-0.15, -0.1) is 0 Å². The number of anilines is 1. The number of nitrogens with one attached hydrogen (secondary N) is 1. The molecule has 2 heteroatoms. The van der Waals surface area contributed by atoms with E-state index in [1.165, 1.54) is 5.56 Å². The largest absolute Gasteiger partial charge is 0.346 e. The van der Waals surface area contributed by atoms with E-state index in [0.29, 0.717) is 0 Å². The minimum absolute atomic E-state index is 0.768. The van der Waals surface area contributed by atoms with Crippen LogP contribution in [-0.4, -0.2) is 4.99 Å². The molecule has 16 heavy (non-hydrogen) atoms. The Labute approximate surface area is 101 Å². The van der Waals surface area contributed by atoms with Gasteiger partial charge in [0, 0.05) is 11.3 Å². The molecule has 0 unspecified atom stereocenters. The number of para-hydroxylation sites is 1. The molecule has 2 aromatic rings. The first-order valence-corrected chi connectivity index (χ1v) is 5.60. The first-order chi connectivity index (χ1) is 7.77. The average molecular weight is 227 g/mol. The van der Waals surface area contributed by atoms with Crippen molar-refractivity contribution in [1.82, 2.24) is 0 Å². The number of benzene rings is 2.